The largest absolute Gasteiger partial charge is 0.392 e. The fraction of sp³-hybridized carbons (Fsp3) is 0.700. The first kappa shape index (κ1) is 10.1. The monoisotopic (exact) mass is 185 g/mol. The predicted molar refractivity (Wildman–Crippen MR) is 55.0 cm³/mol. The summed E-state index contributed by atoms with van der Waals surface area (Å²) in [6.07, 6.45) is 6.44. The summed E-state index contributed by atoms with van der Waals surface area (Å²) in [6, 6.07) is 0. The Morgan fingerprint density at radius 1 is 1.58 bits per heavy atom. The van der Waals surface area contributed by atoms with Crippen LogP contribution < -0.4 is 0 Å². The van der Waals surface area contributed by atoms with E-state index in [0.717, 1.165) is 18.6 Å². The average molecular weight is 185 g/mol. The van der Waals surface area contributed by atoms with Crippen molar-refractivity contribution in [3.8, 4) is 0 Å². The molecule has 12 heavy (non-hydrogen) atoms. The highest BCUT2D eigenvalue weighted by Gasteiger charge is 2.19. The number of hydrogen-bond acceptors (Lipinski definition) is 2. The standard InChI is InChI=1S/C10H17OS/c1-2-3-4-5-10(11)9-6-7-12-8-9/h6-7,10-11H,2-5,8H2,1H3. The van der Waals surface area contributed by atoms with Gasteiger partial charge in [-0.2, -0.15) is 0 Å². The van der Waals surface area contributed by atoms with Crippen LogP contribution in [0.1, 0.15) is 32.6 Å². The lowest BCUT2D eigenvalue weighted by Gasteiger charge is -2.14. The number of rotatable bonds is 5. The summed E-state index contributed by atoms with van der Waals surface area (Å²) in [4.78, 5) is 0. The van der Waals surface area contributed by atoms with Crippen LogP contribution in [0.15, 0.2) is 11.5 Å². The Hall–Kier alpha value is 0.0500. The highest BCUT2D eigenvalue weighted by atomic mass is 32.2. The van der Waals surface area contributed by atoms with Gasteiger partial charge < -0.3 is 5.11 Å². The van der Waals surface area contributed by atoms with E-state index >= 15 is 0 Å². The van der Waals surface area contributed by atoms with Crippen molar-refractivity contribution >= 4 is 11.8 Å². The molecular weight excluding hydrogens is 168 g/mol. The van der Waals surface area contributed by atoms with Crippen LogP contribution in [0.25, 0.3) is 0 Å². The molecule has 0 aromatic carbocycles. The van der Waals surface area contributed by atoms with Gasteiger partial charge in [-0.15, -0.1) is 11.8 Å². The Bertz CT molecular complexity index is 145. The molecule has 0 aromatic heterocycles. The molecule has 1 radical (unpaired) electrons. The molecule has 0 bridgehead atoms. The fourth-order valence-corrected chi connectivity index (χ4v) is 2.16. The average Bonchev–Trinajstić information content (AvgIpc) is 2.56. The maximum atomic E-state index is 9.67. The minimum atomic E-state index is -0.178. The number of thioether (sulfide) groups is 1. The van der Waals surface area contributed by atoms with Gasteiger partial charge in [-0.1, -0.05) is 32.3 Å². The van der Waals surface area contributed by atoms with E-state index < -0.39 is 0 Å². The quantitative estimate of drug-likeness (QED) is 0.665. The Morgan fingerprint density at radius 2 is 2.42 bits per heavy atom. The molecule has 1 aliphatic rings. The van der Waals surface area contributed by atoms with Crippen LogP contribution in [0.4, 0.5) is 0 Å². The highest BCUT2D eigenvalue weighted by Crippen LogP contribution is 2.27. The zero-order chi connectivity index (χ0) is 8.81. The number of hydrogen-bond donors (Lipinski definition) is 1. The molecule has 1 atom stereocenters. The van der Waals surface area contributed by atoms with Crippen LogP contribution >= 0.6 is 11.8 Å². The summed E-state index contributed by atoms with van der Waals surface area (Å²) in [5, 5.41) is 11.7. The molecule has 0 aromatic rings. The van der Waals surface area contributed by atoms with Crippen molar-refractivity contribution in [2.24, 2.45) is 0 Å². The van der Waals surface area contributed by atoms with E-state index in [1.165, 1.54) is 18.8 Å². The lowest BCUT2D eigenvalue weighted by Crippen LogP contribution is -2.16. The number of unbranched alkanes of at least 4 members (excludes halogenated alkanes) is 2. The van der Waals surface area contributed by atoms with E-state index in [2.05, 4.69) is 18.4 Å². The molecule has 0 saturated heterocycles. The van der Waals surface area contributed by atoms with Crippen molar-refractivity contribution in [1.29, 1.82) is 0 Å². The van der Waals surface area contributed by atoms with E-state index in [1.807, 2.05) is 0 Å². The predicted octanol–water partition coefficient (Wildman–Crippen LogP) is 2.76. The van der Waals surface area contributed by atoms with E-state index in [0.29, 0.717) is 0 Å². The molecule has 0 aliphatic carbocycles. The third-order valence-electron chi connectivity index (χ3n) is 2.14. The van der Waals surface area contributed by atoms with Gasteiger partial charge in [0.05, 0.1) is 6.10 Å². The SMILES string of the molecule is CCCCCC(O)[C]1C=CSC1. The zero-order valence-electron chi connectivity index (χ0n) is 7.62. The summed E-state index contributed by atoms with van der Waals surface area (Å²) in [5.41, 5.74) is 0. The lowest BCUT2D eigenvalue weighted by molar-refractivity contribution is 0.181. The maximum Gasteiger partial charge on any atom is 0.0648 e. The van der Waals surface area contributed by atoms with E-state index in [-0.39, 0.29) is 6.10 Å². The summed E-state index contributed by atoms with van der Waals surface area (Å²) >= 11 is 1.77. The minimum absolute atomic E-state index is 0.178. The van der Waals surface area contributed by atoms with Gasteiger partial charge in [0, 0.05) is 11.7 Å². The zero-order valence-corrected chi connectivity index (χ0v) is 8.44. The van der Waals surface area contributed by atoms with E-state index in [4.69, 9.17) is 0 Å². The Morgan fingerprint density at radius 3 is 3.00 bits per heavy atom. The summed E-state index contributed by atoms with van der Waals surface area (Å²) < 4.78 is 0. The molecule has 1 N–H and O–H groups in total. The van der Waals surface area contributed by atoms with Crippen LogP contribution in [0.3, 0.4) is 0 Å². The van der Waals surface area contributed by atoms with Gasteiger partial charge in [0.25, 0.3) is 0 Å². The molecule has 1 rings (SSSR count). The van der Waals surface area contributed by atoms with Crippen molar-refractivity contribution in [3.63, 3.8) is 0 Å². The van der Waals surface area contributed by atoms with Crippen molar-refractivity contribution in [3.05, 3.63) is 17.4 Å². The highest BCUT2D eigenvalue weighted by molar-refractivity contribution is 8.02. The number of aliphatic hydroxyl groups excluding tert-OH is 1. The molecule has 0 spiro atoms. The van der Waals surface area contributed by atoms with Gasteiger partial charge in [-0.05, 0) is 11.8 Å². The van der Waals surface area contributed by atoms with E-state index in [1.54, 1.807) is 11.8 Å². The van der Waals surface area contributed by atoms with Crippen LogP contribution in [0, 0.1) is 5.92 Å². The van der Waals surface area contributed by atoms with Crippen LogP contribution in [-0.2, 0) is 0 Å². The van der Waals surface area contributed by atoms with E-state index in [9.17, 15) is 5.11 Å². The first-order valence-corrected chi connectivity index (χ1v) is 5.71. The second-order valence-corrected chi connectivity index (χ2v) is 4.09. The van der Waals surface area contributed by atoms with Crippen molar-refractivity contribution in [1.82, 2.24) is 0 Å². The van der Waals surface area contributed by atoms with Gasteiger partial charge in [0.15, 0.2) is 0 Å². The van der Waals surface area contributed by atoms with Gasteiger partial charge >= 0.3 is 0 Å². The third kappa shape index (κ3) is 3.20. The third-order valence-corrected chi connectivity index (χ3v) is 2.97. The van der Waals surface area contributed by atoms with Gasteiger partial charge in [0.1, 0.15) is 0 Å². The maximum absolute atomic E-state index is 9.67. The van der Waals surface area contributed by atoms with Crippen molar-refractivity contribution in [2.45, 2.75) is 38.7 Å². The summed E-state index contributed by atoms with van der Waals surface area (Å²) in [7, 11) is 0. The Kier molecular flexibility index (Phi) is 4.77. The topological polar surface area (TPSA) is 20.2 Å². The smallest absolute Gasteiger partial charge is 0.0648 e. The molecule has 69 valence electrons. The first-order valence-electron chi connectivity index (χ1n) is 4.66. The van der Waals surface area contributed by atoms with Crippen molar-refractivity contribution in [2.75, 3.05) is 5.75 Å². The first-order chi connectivity index (χ1) is 5.84. The molecule has 0 saturated carbocycles. The molecule has 1 unspecified atom stereocenters. The molecular formula is C10H17OS. The summed E-state index contributed by atoms with van der Waals surface area (Å²) in [5.74, 6) is 2.20. The van der Waals surface area contributed by atoms with Gasteiger partial charge in [0.2, 0.25) is 0 Å². The van der Waals surface area contributed by atoms with Gasteiger partial charge in [-0.25, -0.2) is 0 Å². The molecule has 0 fully saturated rings. The molecule has 0 amide bonds. The minimum Gasteiger partial charge on any atom is -0.392 e. The van der Waals surface area contributed by atoms with Crippen LogP contribution in [0.5, 0.6) is 0 Å². The molecule has 1 heterocycles. The molecule has 1 aliphatic heterocycles. The van der Waals surface area contributed by atoms with Crippen LogP contribution in [-0.4, -0.2) is 17.0 Å². The summed E-state index contributed by atoms with van der Waals surface area (Å²) in [6.45, 7) is 2.19. The van der Waals surface area contributed by atoms with Gasteiger partial charge in [-0.3, -0.25) is 0 Å². The Labute approximate surface area is 79.2 Å². The molecule has 1 nitrogen and oxygen atoms in total. The number of aliphatic hydroxyl groups is 1. The van der Waals surface area contributed by atoms with Crippen LogP contribution in [0.2, 0.25) is 0 Å². The normalized spacial score (nSPS) is 20.2. The van der Waals surface area contributed by atoms with Crippen molar-refractivity contribution < 1.29 is 5.11 Å². The lowest BCUT2D eigenvalue weighted by atomic mass is 9.99. The fourth-order valence-electron chi connectivity index (χ4n) is 1.31. The molecule has 2 heteroatoms. The Balaban J connectivity index is 2.10. The second-order valence-electron chi connectivity index (χ2n) is 3.20. The second kappa shape index (κ2) is 5.65.